The monoisotopic (exact) mass is 294 g/mol. The quantitative estimate of drug-likeness (QED) is 0.749. The lowest BCUT2D eigenvalue weighted by Crippen LogP contribution is -2.42. The van der Waals surface area contributed by atoms with Gasteiger partial charge in [-0.05, 0) is 38.0 Å². The van der Waals surface area contributed by atoms with Crippen molar-refractivity contribution in [3.8, 4) is 5.75 Å². The molecular weight excluding hydrogens is 268 g/mol. The van der Waals surface area contributed by atoms with E-state index in [0.717, 1.165) is 17.7 Å². The van der Waals surface area contributed by atoms with E-state index in [9.17, 15) is 9.90 Å². The van der Waals surface area contributed by atoms with Crippen molar-refractivity contribution in [1.82, 2.24) is 0 Å². The molecule has 0 aliphatic heterocycles. The van der Waals surface area contributed by atoms with E-state index >= 15 is 0 Å². The van der Waals surface area contributed by atoms with Gasteiger partial charge in [-0.3, -0.25) is 4.79 Å². The predicted octanol–water partition coefficient (Wildman–Crippen LogP) is 2.97. The third-order valence-electron chi connectivity index (χ3n) is 3.62. The Morgan fingerprint density at radius 3 is 2.38 bits per heavy atom. The van der Waals surface area contributed by atoms with E-state index in [1.165, 1.54) is 0 Å². The molecule has 0 amide bonds. The number of benzene rings is 1. The number of methoxy groups -OCH3 is 1. The second-order valence-electron chi connectivity index (χ2n) is 5.48. The highest BCUT2D eigenvalue weighted by atomic mass is 16.5. The molecule has 0 aromatic heterocycles. The van der Waals surface area contributed by atoms with Crippen LogP contribution in [0.25, 0.3) is 0 Å². The Hall–Kier alpha value is -1.55. The average molecular weight is 294 g/mol. The van der Waals surface area contributed by atoms with E-state index in [0.29, 0.717) is 19.4 Å². The number of carbonyl (C=O) groups is 1. The summed E-state index contributed by atoms with van der Waals surface area (Å²) in [6, 6.07) is 7.51. The minimum absolute atomic E-state index is 0.321. The summed E-state index contributed by atoms with van der Waals surface area (Å²) >= 11 is 0. The van der Waals surface area contributed by atoms with Crippen LogP contribution in [0.15, 0.2) is 24.3 Å². The van der Waals surface area contributed by atoms with Crippen molar-refractivity contribution in [2.24, 2.45) is 5.92 Å². The van der Waals surface area contributed by atoms with Gasteiger partial charge in [0.25, 0.3) is 0 Å². The number of esters is 1. The Balaban J connectivity index is 2.85. The number of ether oxygens (including phenoxy) is 2. The normalized spacial score (nSPS) is 15.1. The fraction of sp³-hybridized carbons (Fsp3) is 0.588. The topological polar surface area (TPSA) is 55.8 Å². The largest absolute Gasteiger partial charge is 0.497 e. The summed E-state index contributed by atoms with van der Waals surface area (Å²) in [5, 5.41) is 10.8. The molecule has 1 aromatic carbocycles. The minimum Gasteiger partial charge on any atom is -0.497 e. The first-order chi connectivity index (χ1) is 9.94. The van der Waals surface area contributed by atoms with Gasteiger partial charge in [-0.2, -0.15) is 0 Å². The van der Waals surface area contributed by atoms with Crippen LogP contribution >= 0.6 is 0 Å². The van der Waals surface area contributed by atoms with Gasteiger partial charge in [-0.15, -0.1) is 0 Å². The smallest absolute Gasteiger partial charge is 0.311 e. The molecule has 0 spiro atoms. The molecule has 0 saturated heterocycles. The molecular formula is C17H26O4. The maximum atomic E-state index is 12.1. The van der Waals surface area contributed by atoms with Crippen LogP contribution in [-0.2, 0) is 16.0 Å². The molecule has 118 valence electrons. The number of hydrogen-bond acceptors (Lipinski definition) is 4. The maximum Gasteiger partial charge on any atom is 0.311 e. The molecule has 0 heterocycles. The lowest BCUT2D eigenvalue weighted by molar-refractivity contribution is -0.157. The van der Waals surface area contributed by atoms with Gasteiger partial charge >= 0.3 is 5.97 Å². The third kappa shape index (κ3) is 5.05. The summed E-state index contributed by atoms with van der Waals surface area (Å²) in [6.07, 6.45) is 1.84. The van der Waals surface area contributed by atoms with E-state index in [2.05, 4.69) is 0 Å². The van der Waals surface area contributed by atoms with Crippen LogP contribution in [0.5, 0.6) is 5.75 Å². The minimum atomic E-state index is -1.13. The Labute approximate surface area is 127 Å². The van der Waals surface area contributed by atoms with E-state index in [1.54, 1.807) is 21.0 Å². The Morgan fingerprint density at radius 1 is 1.29 bits per heavy atom. The lowest BCUT2D eigenvalue weighted by Gasteiger charge is -2.31. The summed E-state index contributed by atoms with van der Waals surface area (Å²) in [4.78, 5) is 12.1. The van der Waals surface area contributed by atoms with Crippen molar-refractivity contribution < 1.29 is 19.4 Å². The number of carbonyl (C=O) groups excluding carboxylic acids is 1. The first-order valence-electron chi connectivity index (χ1n) is 7.46. The summed E-state index contributed by atoms with van der Waals surface area (Å²) in [5.41, 5.74) is -0.164. The second kappa shape index (κ2) is 8.03. The van der Waals surface area contributed by atoms with Crippen molar-refractivity contribution in [3.05, 3.63) is 29.8 Å². The fourth-order valence-corrected chi connectivity index (χ4v) is 2.49. The molecule has 0 aliphatic rings. The third-order valence-corrected chi connectivity index (χ3v) is 3.62. The standard InChI is InChI=1S/C17H26O4/c1-5-7-15(16(18)21-6-2)17(3,19)12-13-8-10-14(20-4)11-9-13/h8-11,15,19H,5-7,12H2,1-4H3. The zero-order valence-electron chi connectivity index (χ0n) is 13.4. The van der Waals surface area contributed by atoms with E-state index < -0.39 is 11.5 Å². The van der Waals surface area contributed by atoms with Crippen LogP contribution in [0.2, 0.25) is 0 Å². The average Bonchev–Trinajstić information content (AvgIpc) is 2.45. The maximum absolute atomic E-state index is 12.1. The molecule has 21 heavy (non-hydrogen) atoms. The molecule has 1 N–H and O–H groups in total. The Kier molecular flexibility index (Phi) is 6.69. The van der Waals surface area contributed by atoms with Crippen LogP contribution in [-0.4, -0.2) is 30.4 Å². The van der Waals surface area contributed by atoms with Gasteiger partial charge in [-0.25, -0.2) is 0 Å². The molecule has 0 saturated carbocycles. The molecule has 2 unspecified atom stereocenters. The SMILES string of the molecule is CCCC(C(=O)OCC)C(C)(O)Cc1ccc(OC)cc1. The van der Waals surface area contributed by atoms with Gasteiger partial charge in [0.2, 0.25) is 0 Å². The first kappa shape index (κ1) is 17.5. The van der Waals surface area contributed by atoms with Crippen LogP contribution in [0.1, 0.15) is 39.2 Å². The summed E-state index contributed by atoms with van der Waals surface area (Å²) < 4.78 is 10.2. The van der Waals surface area contributed by atoms with Crippen molar-refractivity contribution in [3.63, 3.8) is 0 Å². The van der Waals surface area contributed by atoms with E-state index in [1.807, 2.05) is 31.2 Å². The van der Waals surface area contributed by atoms with E-state index in [4.69, 9.17) is 9.47 Å². The Bertz CT molecular complexity index is 437. The molecule has 0 fully saturated rings. The van der Waals surface area contributed by atoms with Crippen LogP contribution in [0.3, 0.4) is 0 Å². The van der Waals surface area contributed by atoms with Crippen molar-refractivity contribution in [2.75, 3.05) is 13.7 Å². The highest BCUT2D eigenvalue weighted by Gasteiger charge is 2.37. The van der Waals surface area contributed by atoms with Gasteiger partial charge in [0.1, 0.15) is 5.75 Å². The molecule has 0 radical (unpaired) electrons. The molecule has 0 bridgehead atoms. The summed E-state index contributed by atoms with van der Waals surface area (Å²) in [7, 11) is 1.61. The Morgan fingerprint density at radius 2 is 1.90 bits per heavy atom. The highest BCUT2D eigenvalue weighted by Crippen LogP contribution is 2.28. The van der Waals surface area contributed by atoms with Gasteiger partial charge < -0.3 is 14.6 Å². The van der Waals surface area contributed by atoms with Gasteiger partial charge in [-0.1, -0.05) is 25.5 Å². The molecule has 1 aromatic rings. The predicted molar refractivity (Wildman–Crippen MR) is 82.4 cm³/mol. The van der Waals surface area contributed by atoms with Crippen molar-refractivity contribution in [1.29, 1.82) is 0 Å². The zero-order chi connectivity index (χ0) is 15.9. The van der Waals surface area contributed by atoms with Crippen molar-refractivity contribution >= 4 is 5.97 Å². The van der Waals surface area contributed by atoms with Crippen molar-refractivity contribution in [2.45, 2.75) is 45.6 Å². The number of rotatable bonds is 8. The lowest BCUT2D eigenvalue weighted by atomic mass is 9.81. The van der Waals surface area contributed by atoms with Crippen LogP contribution in [0.4, 0.5) is 0 Å². The fourth-order valence-electron chi connectivity index (χ4n) is 2.49. The summed E-state index contributed by atoms with van der Waals surface area (Å²) in [6.45, 7) is 5.81. The number of hydrogen-bond donors (Lipinski definition) is 1. The van der Waals surface area contributed by atoms with Gasteiger partial charge in [0, 0.05) is 6.42 Å². The molecule has 2 atom stereocenters. The number of aliphatic hydroxyl groups is 1. The van der Waals surface area contributed by atoms with Crippen LogP contribution in [0, 0.1) is 5.92 Å². The molecule has 4 nitrogen and oxygen atoms in total. The molecule has 0 aliphatic carbocycles. The second-order valence-corrected chi connectivity index (χ2v) is 5.48. The zero-order valence-corrected chi connectivity index (χ0v) is 13.4. The molecule has 4 heteroatoms. The van der Waals surface area contributed by atoms with Gasteiger partial charge in [0.15, 0.2) is 0 Å². The molecule has 1 rings (SSSR count). The van der Waals surface area contributed by atoms with Crippen LogP contribution < -0.4 is 4.74 Å². The summed E-state index contributed by atoms with van der Waals surface area (Å²) in [5.74, 6) is -0.0590. The first-order valence-corrected chi connectivity index (χ1v) is 7.46. The highest BCUT2D eigenvalue weighted by molar-refractivity contribution is 5.73. The van der Waals surface area contributed by atoms with Gasteiger partial charge in [0.05, 0.1) is 25.2 Å². The van der Waals surface area contributed by atoms with E-state index in [-0.39, 0.29) is 5.97 Å².